The van der Waals surface area contributed by atoms with Crippen molar-refractivity contribution < 1.29 is 9.32 Å². The maximum absolute atomic E-state index is 11.6. The van der Waals surface area contributed by atoms with E-state index in [0.29, 0.717) is 17.7 Å². The fourth-order valence-electron chi connectivity index (χ4n) is 1.33. The van der Waals surface area contributed by atoms with Crippen LogP contribution in [0, 0.1) is 0 Å². The molecule has 14 heavy (non-hydrogen) atoms. The Hall–Kier alpha value is -1.36. The summed E-state index contributed by atoms with van der Waals surface area (Å²) in [6, 6.07) is 0.242. The first kappa shape index (κ1) is 9.21. The lowest BCUT2D eigenvalue weighted by atomic mass is 10.2. The number of carbonyl (C=O) groups excluding carboxylic acids is 1. The first-order chi connectivity index (χ1) is 6.72. The Morgan fingerprint density at radius 1 is 1.86 bits per heavy atom. The molecule has 1 fully saturated rings. The van der Waals surface area contributed by atoms with Gasteiger partial charge in [0.1, 0.15) is 11.3 Å². The Morgan fingerprint density at radius 3 is 3.14 bits per heavy atom. The molecule has 76 valence electrons. The second kappa shape index (κ2) is 3.42. The molecular formula is C9H13N3O2. The number of nitrogens with two attached hydrogens (primary N) is 1. The van der Waals surface area contributed by atoms with E-state index < -0.39 is 0 Å². The molecule has 5 heteroatoms. The lowest BCUT2D eigenvalue weighted by Crippen LogP contribution is -2.29. The fourth-order valence-corrected chi connectivity index (χ4v) is 1.33. The highest BCUT2D eigenvalue weighted by atomic mass is 16.5. The molecule has 5 nitrogen and oxygen atoms in total. The van der Waals surface area contributed by atoms with Crippen molar-refractivity contribution in [1.29, 1.82) is 0 Å². The van der Waals surface area contributed by atoms with Crippen LogP contribution in [0.3, 0.4) is 0 Å². The Balaban J connectivity index is 2.03. The molecule has 0 aliphatic heterocycles. The van der Waals surface area contributed by atoms with E-state index in [-0.39, 0.29) is 18.0 Å². The van der Waals surface area contributed by atoms with Gasteiger partial charge in [-0.1, -0.05) is 12.1 Å². The SMILES string of the molecule is CCc1oncc1C(=O)NC1CC1N. The van der Waals surface area contributed by atoms with E-state index in [1.54, 1.807) is 0 Å². The third-order valence-corrected chi connectivity index (χ3v) is 2.37. The number of aryl methyl sites for hydroxylation is 1. The lowest BCUT2D eigenvalue weighted by molar-refractivity contribution is 0.0948. The summed E-state index contributed by atoms with van der Waals surface area (Å²) in [6.45, 7) is 1.92. The standard InChI is InChI=1S/C9H13N3O2/c1-2-8-5(4-11-14-8)9(13)12-7-3-6(7)10/h4,6-7H,2-3,10H2,1H3,(H,12,13). The van der Waals surface area contributed by atoms with Crippen LogP contribution < -0.4 is 11.1 Å². The molecule has 1 amide bonds. The molecule has 0 aromatic carbocycles. The summed E-state index contributed by atoms with van der Waals surface area (Å²) < 4.78 is 4.92. The average Bonchev–Trinajstić information content (AvgIpc) is 2.72. The van der Waals surface area contributed by atoms with Crippen molar-refractivity contribution in [3.8, 4) is 0 Å². The number of nitrogens with zero attached hydrogens (tertiary/aromatic N) is 1. The van der Waals surface area contributed by atoms with Crippen molar-refractivity contribution in [1.82, 2.24) is 10.5 Å². The zero-order valence-corrected chi connectivity index (χ0v) is 7.99. The molecule has 0 radical (unpaired) electrons. The molecule has 1 aliphatic carbocycles. The predicted octanol–water partition coefficient (Wildman–Crippen LogP) is 0.0664. The Bertz CT molecular complexity index is 348. The van der Waals surface area contributed by atoms with Crippen LogP contribution in [0.2, 0.25) is 0 Å². The third kappa shape index (κ3) is 1.63. The Kier molecular flexibility index (Phi) is 2.25. The molecule has 2 unspecified atom stereocenters. The minimum absolute atomic E-state index is 0.115. The average molecular weight is 195 g/mol. The van der Waals surface area contributed by atoms with Crippen LogP contribution in [0.1, 0.15) is 29.5 Å². The van der Waals surface area contributed by atoms with Crippen LogP contribution in [0.25, 0.3) is 0 Å². The van der Waals surface area contributed by atoms with Gasteiger partial charge in [0.15, 0.2) is 0 Å². The van der Waals surface area contributed by atoms with Gasteiger partial charge in [0, 0.05) is 18.5 Å². The largest absolute Gasteiger partial charge is 0.361 e. The summed E-state index contributed by atoms with van der Waals surface area (Å²) in [6.07, 6.45) is 2.97. The molecule has 1 aromatic rings. The van der Waals surface area contributed by atoms with Crippen LogP contribution in [0.5, 0.6) is 0 Å². The van der Waals surface area contributed by atoms with Gasteiger partial charge in [0.05, 0.1) is 6.20 Å². The summed E-state index contributed by atoms with van der Waals surface area (Å²) in [5, 5.41) is 6.41. The molecule has 0 spiro atoms. The fraction of sp³-hybridized carbons (Fsp3) is 0.556. The van der Waals surface area contributed by atoms with Gasteiger partial charge in [-0.25, -0.2) is 0 Å². The summed E-state index contributed by atoms with van der Waals surface area (Å²) >= 11 is 0. The van der Waals surface area contributed by atoms with Crippen molar-refractivity contribution in [3.05, 3.63) is 17.5 Å². The van der Waals surface area contributed by atoms with E-state index in [2.05, 4.69) is 10.5 Å². The number of carbonyl (C=O) groups is 1. The van der Waals surface area contributed by atoms with E-state index in [1.807, 2.05) is 6.92 Å². The Morgan fingerprint density at radius 2 is 2.57 bits per heavy atom. The highest BCUT2D eigenvalue weighted by Crippen LogP contribution is 2.19. The van der Waals surface area contributed by atoms with Crippen molar-refractivity contribution >= 4 is 5.91 Å². The molecule has 1 heterocycles. The predicted molar refractivity (Wildman–Crippen MR) is 49.7 cm³/mol. The number of aromatic nitrogens is 1. The van der Waals surface area contributed by atoms with Gasteiger partial charge in [-0.05, 0) is 6.42 Å². The summed E-state index contributed by atoms with van der Waals surface area (Å²) in [4.78, 5) is 11.6. The summed E-state index contributed by atoms with van der Waals surface area (Å²) in [7, 11) is 0. The third-order valence-electron chi connectivity index (χ3n) is 2.37. The summed E-state index contributed by atoms with van der Waals surface area (Å²) in [5.41, 5.74) is 6.10. The molecule has 0 saturated heterocycles. The van der Waals surface area contributed by atoms with E-state index in [0.717, 1.165) is 6.42 Å². The van der Waals surface area contributed by atoms with Crippen molar-refractivity contribution in [3.63, 3.8) is 0 Å². The van der Waals surface area contributed by atoms with Gasteiger partial charge >= 0.3 is 0 Å². The van der Waals surface area contributed by atoms with Crippen LogP contribution in [-0.2, 0) is 6.42 Å². The molecule has 2 atom stereocenters. The molecule has 1 aliphatic rings. The number of amides is 1. The van der Waals surface area contributed by atoms with Gasteiger partial charge < -0.3 is 15.6 Å². The molecular weight excluding hydrogens is 182 g/mol. The van der Waals surface area contributed by atoms with Crippen LogP contribution >= 0.6 is 0 Å². The molecule has 1 aromatic heterocycles. The maximum atomic E-state index is 11.6. The van der Waals surface area contributed by atoms with E-state index in [4.69, 9.17) is 10.3 Å². The number of rotatable bonds is 3. The second-order valence-electron chi connectivity index (χ2n) is 3.50. The molecule has 3 N–H and O–H groups in total. The van der Waals surface area contributed by atoms with Crippen molar-refractivity contribution in [2.75, 3.05) is 0 Å². The minimum atomic E-state index is -0.138. The first-order valence-corrected chi connectivity index (χ1v) is 4.72. The smallest absolute Gasteiger partial charge is 0.256 e. The molecule has 0 bridgehead atoms. The first-order valence-electron chi connectivity index (χ1n) is 4.72. The van der Waals surface area contributed by atoms with Gasteiger partial charge in [-0.15, -0.1) is 0 Å². The number of hydrogen-bond donors (Lipinski definition) is 2. The summed E-state index contributed by atoms with van der Waals surface area (Å²) in [5.74, 6) is 0.484. The lowest BCUT2D eigenvalue weighted by Gasteiger charge is -2.01. The number of nitrogens with one attached hydrogen (secondary N) is 1. The quantitative estimate of drug-likeness (QED) is 0.715. The van der Waals surface area contributed by atoms with Gasteiger partial charge in [-0.2, -0.15) is 0 Å². The van der Waals surface area contributed by atoms with Crippen molar-refractivity contribution in [2.24, 2.45) is 5.73 Å². The second-order valence-corrected chi connectivity index (χ2v) is 3.50. The maximum Gasteiger partial charge on any atom is 0.256 e. The van der Waals surface area contributed by atoms with Crippen LogP contribution in [-0.4, -0.2) is 23.1 Å². The van der Waals surface area contributed by atoms with E-state index in [9.17, 15) is 4.79 Å². The highest BCUT2D eigenvalue weighted by Gasteiger charge is 2.35. The van der Waals surface area contributed by atoms with Crippen LogP contribution in [0.15, 0.2) is 10.7 Å². The zero-order chi connectivity index (χ0) is 10.1. The van der Waals surface area contributed by atoms with Gasteiger partial charge in [0.25, 0.3) is 5.91 Å². The molecule has 1 saturated carbocycles. The van der Waals surface area contributed by atoms with Gasteiger partial charge in [-0.3, -0.25) is 4.79 Å². The monoisotopic (exact) mass is 195 g/mol. The number of hydrogen-bond acceptors (Lipinski definition) is 4. The van der Waals surface area contributed by atoms with E-state index in [1.165, 1.54) is 6.20 Å². The topological polar surface area (TPSA) is 81.2 Å². The highest BCUT2D eigenvalue weighted by molar-refractivity contribution is 5.95. The normalized spacial score (nSPS) is 24.7. The van der Waals surface area contributed by atoms with Crippen molar-refractivity contribution in [2.45, 2.75) is 31.8 Å². The molecule has 2 rings (SSSR count). The van der Waals surface area contributed by atoms with Crippen LogP contribution in [0.4, 0.5) is 0 Å². The Labute approximate surface area is 81.6 Å². The van der Waals surface area contributed by atoms with Gasteiger partial charge in [0.2, 0.25) is 0 Å². The van der Waals surface area contributed by atoms with E-state index >= 15 is 0 Å². The minimum Gasteiger partial charge on any atom is -0.361 e. The zero-order valence-electron chi connectivity index (χ0n) is 7.99.